The van der Waals surface area contributed by atoms with Crippen LogP contribution < -0.4 is 9.54 Å². The number of benzene rings is 2. The summed E-state index contributed by atoms with van der Waals surface area (Å²) >= 11 is 1.37. The van der Waals surface area contributed by atoms with Crippen LogP contribution in [0.5, 0.6) is 5.75 Å². The molecule has 2 aromatic carbocycles. The molecule has 0 aliphatic heterocycles. The molecule has 1 amide bonds. The van der Waals surface area contributed by atoms with Gasteiger partial charge in [0.25, 0.3) is 5.91 Å². The fourth-order valence-corrected chi connectivity index (χ4v) is 4.55. The van der Waals surface area contributed by atoms with Crippen LogP contribution in [0.2, 0.25) is 0 Å². The zero-order valence-corrected chi connectivity index (χ0v) is 18.0. The molecule has 0 atom stereocenters. The van der Waals surface area contributed by atoms with E-state index in [0.29, 0.717) is 24.6 Å². The second kappa shape index (κ2) is 8.89. The van der Waals surface area contributed by atoms with E-state index in [2.05, 4.69) is 4.99 Å². The highest BCUT2D eigenvalue weighted by Crippen LogP contribution is 2.23. The summed E-state index contributed by atoms with van der Waals surface area (Å²) in [6.45, 7) is 3.47. The van der Waals surface area contributed by atoms with Gasteiger partial charge in [-0.15, -0.1) is 0 Å². The quantitative estimate of drug-likeness (QED) is 0.571. The van der Waals surface area contributed by atoms with E-state index in [-0.39, 0.29) is 10.5 Å². The lowest BCUT2D eigenvalue weighted by molar-refractivity contribution is 0.0997. The number of carbonyl (C=O) groups is 1. The Morgan fingerprint density at radius 1 is 1.21 bits per heavy atom. The molecule has 0 N–H and O–H groups in total. The second-order valence-electron chi connectivity index (χ2n) is 6.31. The van der Waals surface area contributed by atoms with Crippen molar-refractivity contribution < 1.29 is 22.7 Å². The molecule has 1 heterocycles. The van der Waals surface area contributed by atoms with Crippen LogP contribution in [0.1, 0.15) is 17.3 Å². The average Bonchev–Trinajstić information content (AvgIpc) is 3.02. The Morgan fingerprint density at radius 2 is 2.00 bits per heavy atom. The van der Waals surface area contributed by atoms with E-state index in [1.165, 1.54) is 29.5 Å². The third-order valence-electron chi connectivity index (χ3n) is 4.19. The minimum Gasteiger partial charge on any atom is -0.494 e. The number of hydrogen-bond acceptors (Lipinski definition) is 6. The van der Waals surface area contributed by atoms with Crippen molar-refractivity contribution in [3.8, 4) is 5.75 Å². The summed E-state index contributed by atoms with van der Waals surface area (Å²) in [6, 6.07) is 11.6. The summed E-state index contributed by atoms with van der Waals surface area (Å²) in [5.74, 6) is 0.247. The van der Waals surface area contributed by atoms with Crippen LogP contribution in [-0.2, 0) is 21.1 Å². The number of carbonyl (C=O) groups excluding carboxylic acids is 1. The molecule has 9 heteroatoms. The van der Waals surface area contributed by atoms with Crippen LogP contribution in [-0.4, -0.2) is 45.5 Å². The highest BCUT2D eigenvalue weighted by atomic mass is 32.2. The number of amides is 1. The molecule has 3 aromatic rings. The SMILES string of the molecule is CCOc1ccc2c(c1)sc(=NC(=O)c1cccc(S(C)(=O)=O)c1)n2CCOC. The van der Waals surface area contributed by atoms with Crippen molar-refractivity contribution in [2.24, 2.45) is 4.99 Å². The standard InChI is InChI=1S/C20H22N2O5S2/c1-4-27-15-8-9-17-18(13-15)28-20(22(17)10-11-26-2)21-19(23)14-6-5-7-16(12-14)29(3,24)25/h5-9,12-13H,4,10-11H2,1-3H3. The van der Waals surface area contributed by atoms with E-state index >= 15 is 0 Å². The number of aromatic nitrogens is 1. The Morgan fingerprint density at radius 3 is 2.69 bits per heavy atom. The maximum absolute atomic E-state index is 12.7. The second-order valence-corrected chi connectivity index (χ2v) is 9.33. The lowest BCUT2D eigenvalue weighted by Crippen LogP contribution is -2.19. The Labute approximate surface area is 173 Å². The van der Waals surface area contributed by atoms with Gasteiger partial charge in [0, 0.05) is 25.5 Å². The molecule has 7 nitrogen and oxygen atoms in total. The van der Waals surface area contributed by atoms with E-state index in [1.54, 1.807) is 13.2 Å². The highest BCUT2D eigenvalue weighted by Gasteiger charge is 2.13. The zero-order valence-electron chi connectivity index (χ0n) is 16.4. The number of methoxy groups -OCH3 is 1. The van der Waals surface area contributed by atoms with Gasteiger partial charge < -0.3 is 14.0 Å². The third kappa shape index (κ3) is 4.92. The smallest absolute Gasteiger partial charge is 0.279 e. The number of nitrogens with zero attached hydrogens (tertiary/aromatic N) is 2. The first-order chi connectivity index (χ1) is 13.8. The minimum atomic E-state index is -3.41. The molecule has 0 saturated carbocycles. The van der Waals surface area contributed by atoms with E-state index in [1.807, 2.05) is 29.7 Å². The summed E-state index contributed by atoms with van der Waals surface area (Å²) in [5.41, 5.74) is 1.14. The maximum Gasteiger partial charge on any atom is 0.279 e. The van der Waals surface area contributed by atoms with E-state index < -0.39 is 15.7 Å². The van der Waals surface area contributed by atoms with Crippen molar-refractivity contribution in [2.75, 3.05) is 26.6 Å². The van der Waals surface area contributed by atoms with Gasteiger partial charge in [0.05, 0.1) is 28.3 Å². The summed E-state index contributed by atoms with van der Waals surface area (Å²) in [4.78, 5) is 17.6. The van der Waals surface area contributed by atoms with Crippen molar-refractivity contribution in [2.45, 2.75) is 18.4 Å². The lowest BCUT2D eigenvalue weighted by atomic mass is 10.2. The average molecular weight is 435 g/mol. The minimum absolute atomic E-state index is 0.0866. The van der Waals surface area contributed by atoms with Gasteiger partial charge in [-0.2, -0.15) is 4.99 Å². The van der Waals surface area contributed by atoms with Crippen molar-refractivity contribution in [3.05, 3.63) is 52.8 Å². The molecule has 0 saturated heterocycles. The van der Waals surface area contributed by atoms with Gasteiger partial charge in [-0.05, 0) is 43.3 Å². The molecule has 3 rings (SSSR count). The van der Waals surface area contributed by atoms with Crippen LogP contribution in [0, 0.1) is 0 Å². The summed E-state index contributed by atoms with van der Waals surface area (Å²) < 4.78 is 37.1. The molecule has 0 aliphatic carbocycles. The predicted octanol–water partition coefficient (Wildman–Crippen LogP) is 2.89. The molecule has 0 radical (unpaired) electrons. The number of hydrogen-bond donors (Lipinski definition) is 0. The molecular formula is C20H22N2O5S2. The van der Waals surface area contributed by atoms with Crippen molar-refractivity contribution in [3.63, 3.8) is 0 Å². The van der Waals surface area contributed by atoms with E-state index in [4.69, 9.17) is 9.47 Å². The topological polar surface area (TPSA) is 87.0 Å². The maximum atomic E-state index is 12.7. The Kier molecular flexibility index (Phi) is 6.51. The molecule has 29 heavy (non-hydrogen) atoms. The first-order valence-corrected chi connectivity index (χ1v) is 11.7. The van der Waals surface area contributed by atoms with Crippen LogP contribution in [0.15, 0.2) is 52.4 Å². The third-order valence-corrected chi connectivity index (χ3v) is 6.34. The molecule has 0 aliphatic rings. The first-order valence-electron chi connectivity index (χ1n) is 8.97. The number of thiazole rings is 1. The van der Waals surface area contributed by atoms with Crippen LogP contribution in [0.4, 0.5) is 0 Å². The van der Waals surface area contributed by atoms with Crippen LogP contribution in [0.25, 0.3) is 10.2 Å². The van der Waals surface area contributed by atoms with Crippen molar-refractivity contribution in [1.82, 2.24) is 4.57 Å². The Balaban J connectivity index is 2.09. The normalized spacial score (nSPS) is 12.4. The van der Waals surface area contributed by atoms with Gasteiger partial charge in [0.15, 0.2) is 14.6 Å². The van der Waals surface area contributed by atoms with Gasteiger partial charge in [0.2, 0.25) is 0 Å². The summed E-state index contributed by atoms with van der Waals surface area (Å²) in [5, 5.41) is 0. The zero-order chi connectivity index (χ0) is 21.0. The van der Waals surface area contributed by atoms with Crippen molar-refractivity contribution in [1.29, 1.82) is 0 Å². The molecule has 0 spiro atoms. The molecule has 154 valence electrons. The molecule has 0 fully saturated rings. The highest BCUT2D eigenvalue weighted by molar-refractivity contribution is 7.90. The monoisotopic (exact) mass is 434 g/mol. The van der Waals surface area contributed by atoms with Gasteiger partial charge in [-0.25, -0.2) is 8.42 Å². The van der Waals surface area contributed by atoms with Gasteiger partial charge >= 0.3 is 0 Å². The van der Waals surface area contributed by atoms with Crippen LogP contribution in [0.3, 0.4) is 0 Å². The van der Waals surface area contributed by atoms with Gasteiger partial charge in [-0.1, -0.05) is 17.4 Å². The molecule has 0 bridgehead atoms. The number of ether oxygens (including phenoxy) is 2. The van der Waals surface area contributed by atoms with Crippen LogP contribution >= 0.6 is 11.3 Å². The number of sulfone groups is 1. The molecule has 1 aromatic heterocycles. The Bertz CT molecular complexity index is 1210. The summed E-state index contributed by atoms with van der Waals surface area (Å²) in [7, 11) is -1.80. The Hall–Kier alpha value is -2.49. The molecule has 0 unspecified atom stereocenters. The summed E-state index contributed by atoms with van der Waals surface area (Å²) in [6.07, 6.45) is 1.11. The largest absolute Gasteiger partial charge is 0.494 e. The van der Waals surface area contributed by atoms with Gasteiger partial charge in [0.1, 0.15) is 5.75 Å². The van der Waals surface area contributed by atoms with E-state index in [9.17, 15) is 13.2 Å². The number of fused-ring (bicyclic) bond motifs is 1. The lowest BCUT2D eigenvalue weighted by Gasteiger charge is -2.06. The van der Waals surface area contributed by atoms with E-state index in [0.717, 1.165) is 22.2 Å². The number of rotatable bonds is 7. The van der Waals surface area contributed by atoms with Crippen molar-refractivity contribution >= 4 is 37.3 Å². The van der Waals surface area contributed by atoms with Gasteiger partial charge in [-0.3, -0.25) is 4.79 Å². The fraction of sp³-hybridized carbons (Fsp3) is 0.300. The fourth-order valence-electron chi connectivity index (χ4n) is 2.81. The predicted molar refractivity (Wildman–Crippen MR) is 112 cm³/mol. The molecular weight excluding hydrogens is 412 g/mol. The first kappa shape index (κ1) is 21.2.